The molecule has 7 heteroatoms. The molecule has 2 rings (SSSR count). The number of benzene rings is 1. The van der Waals surface area contributed by atoms with Crippen LogP contribution in [0.2, 0.25) is 0 Å². The number of hydrogen-bond donors (Lipinski definition) is 2. The molecule has 0 atom stereocenters. The number of nitrogens with zero attached hydrogens (tertiary/aromatic N) is 2. The number of hydrogen-bond acceptors (Lipinski definition) is 3. The van der Waals surface area contributed by atoms with Crippen LogP contribution in [0.4, 0.5) is 10.5 Å². The molecule has 4 amide bonds. The quantitative estimate of drug-likeness (QED) is 0.848. The van der Waals surface area contributed by atoms with Crippen molar-refractivity contribution in [3.63, 3.8) is 0 Å². The molecule has 0 radical (unpaired) electrons. The number of carbonyl (C=O) groups excluding carboxylic acids is 3. The number of amides is 4. The molecule has 0 aliphatic carbocycles. The van der Waals surface area contributed by atoms with Gasteiger partial charge in [0.25, 0.3) is 0 Å². The molecule has 1 aliphatic heterocycles. The Morgan fingerprint density at radius 3 is 2.20 bits per heavy atom. The van der Waals surface area contributed by atoms with Gasteiger partial charge in [-0.05, 0) is 12.1 Å². The third-order valence-electron chi connectivity index (χ3n) is 4.09. The lowest BCUT2D eigenvalue weighted by Gasteiger charge is -2.35. The van der Waals surface area contributed by atoms with Gasteiger partial charge in [0.15, 0.2) is 0 Å². The minimum absolute atomic E-state index is 0.00310. The number of anilines is 1. The Morgan fingerprint density at radius 1 is 1.00 bits per heavy atom. The molecule has 2 N–H and O–H groups in total. The van der Waals surface area contributed by atoms with Gasteiger partial charge in [0.1, 0.15) is 0 Å². The zero-order chi connectivity index (χ0) is 18.2. The first-order valence-electron chi connectivity index (χ1n) is 8.64. The zero-order valence-electron chi connectivity index (χ0n) is 14.8. The molecule has 1 heterocycles. The molecule has 0 unspecified atom stereocenters. The highest BCUT2D eigenvalue weighted by Gasteiger charge is 2.25. The van der Waals surface area contributed by atoms with Gasteiger partial charge < -0.3 is 20.4 Å². The molecule has 1 aromatic carbocycles. The maximum atomic E-state index is 12.2. The molecule has 0 saturated carbocycles. The average Bonchev–Trinajstić information content (AvgIpc) is 2.62. The van der Waals surface area contributed by atoms with Crippen LogP contribution in [-0.4, -0.2) is 60.4 Å². The highest BCUT2D eigenvalue weighted by molar-refractivity contribution is 5.89. The Hall–Kier alpha value is -2.57. The van der Waals surface area contributed by atoms with Crippen LogP contribution in [0.5, 0.6) is 0 Å². The Kier molecular flexibility index (Phi) is 6.80. The van der Waals surface area contributed by atoms with Gasteiger partial charge in [-0.3, -0.25) is 9.59 Å². The maximum absolute atomic E-state index is 12.2. The van der Waals surface area contributed by atoms with E-state index in [-0.39, 0.29) is 36.7 Å². The highest BCUT2D eigenvalue weighted by Crippen LogP contribution is 2.08. The van der Waals surface area contributed by atoms with Gasteiger partial charge in [0.05, 0.1) is 0 Å². The van der Waals surface area contributed by atoms with Gasteiger partial charge in [-0.15, -0.1) is 0 Å². The Balaban J connectivity index is 1.66. The minimum Gasteiger partial charge on any atom is -0.339 e. The molecule has 7 nitrogen and oxygen atoms in total. The SMILES string of the molecule is CC(C)C(=O)N1CCN(C(=O)CCNC(=O)Nc2ccccc2)CC1. The summed E-state index contributed by atoms with van der Waals surface area (Å²) in [6, 6.07) is 8.80. The van der Waals surface area contributed by atoms with Gasteiger partial charge in [-0.2, -0.15) is 0 Å². The fraction of sp³-hybridized carbons (Fsp3) is 0.500. The Bertz CT molecular complexity index is 596. The maximum Gasteiger partial charge on any atom is 0.319 e. The third-order valence-corrected chi connectivity index (χ3v) is 4.09. The van der Waals surface area contributed by atoms with Crippen LogP contribution in [0.15, 0.2) is 30.3 Å². The Labute approximate surface area is 148 Å². The van der Waals surface area contributed by atoms with E-state index >= 15 is 0 Å². The van der Waals surface area contributed by atoms with E-state index in [1.807, 2.05) is 32.0 Å². The van der Waals surface area contributed by atoms with Crippen LogP contribution in [0.25, 0.3) is 0 Å². The van der Waals surface area contributed by atoms with E-state index in [1.54, 1.807) is 21.9 Å². The van der Waals surface area contributed by atoms with Gasteiger partial charge in [0, 0.05) is 50.7 Å². The third kappa shape index (κ3) is 5.77. The average molecular weight is 346 g/mol. The number of carbonyl (C=O) groups is 3. The van der Waals surface area contributed by atoms with Crippen molar-refractivity contribution in [3.05, 3.63) is 30.3 Å². The molecular weight excluding hydrogens is 320 g/mol. The van der Waals surface area contributed by atoms with Crippen molar-refractivity contribution in [2.75, 3.05) is 38.0 Å². The van der Waals surface area contributed by atoms with Crippen LogP contribution in [0.1, 0.15) is 20.3 Å². The van der Waals surface area contributed by atoms with Crippen molar-refractivity contribution in [2.24, 2.45) is 5.92 Å². The van der Waals surface area contributed by atoms with Crippen molar-refractivity contribution >= 4 is 23.5 Å². The number of piperazine rings is 1. The van der Waals surface area contributed by atoms with Crippen molar-refractivity contribution < 1.29 is 14.4 Å². The smallest absolute Gasteiger partial charge is 0.319 e. The second kappa shape index (κ2) is 9.05. The van der Waals surface area contributed by atoms with Crippen molar-refractivity contribution in [2.45, 2.75) is 20.3 Å². The molecule has 1 aromatic rings. The fourth-order valence-electron chi connectivity index (χ4n) is 2.68. The summed E-state index contributed by atoms with van der Waals surface area (Å²) >= 11 is 0. The summed E-state index contributed by atoms with van der Waals surface area (Å²) in [5.74, 6) is 0.109. The van der Waals surface area contributed by atoms with Crippen LogP contribution < -0.4 is 10.6 Å². The lowest BCUT2D eigenvalue weighted by molar-refractivity contribution is -0.141. The summed E-state index contributed by atoms with van der Waals surface area (Å²) in [5.41, 5.74) is 0.706. The largest absolute Gasteiger partial charge is 0.339 e. The zero-order valence-corrected chi connectivity index (χ0v) is 14.8. The molecule has 1 saturated heterocycles. The van der Waals surface area contributed by atoms with E-state index in [0.717, 1.165) is 0 Å². The lowest BCUT2D eigenvalue weighted by atomic mass is 10.1. The van der Waals surface area contributed by atoms with Crippen LogP contribution >= 0.6 is 0 Å². The minimum atomic E-state index is -0.327. The molecule has 0 aromatic heterocycles. The standard InChI is InChI=1S/C18H26N4O3/c1-14(2)17(24)22-12-10-21(11-13-22)16(23)8-9-19-18(25)20-15-6-4-3-5-7-15/h3-7,14H,8-13H2,1-2H3,(H2,19,20,25). The molecule has 25 heavy (non-hydrogen) atoms. The van der Waals surface area contributed by atoms with Crippen LogP contribution in [0, 0.1) is 5.92 Å². The highest BCUT2D eigenvalue weighted by atomic mass is 16.2. The molecule has 1 aliphatic rings. The molecule has 0 bridgehead atoms. The summed E-state index contributed by atoms with van der Waals surface area (Å²) in [5, 5.41) is 5.39. The van der Waals surface area contributed by atoms with E-state index < -0.39 is 0 Å². The number of nitrogens with one attached hydrogen (secondary N) is 2. The molecular formula is C18H26N4O3. The molecule has 0 spiro atoms. The van der Waals surface area contributed by atoms with Crippen molar-refractivity contribution in [1.82, 2.24) is 15.1 Å². The summed E-state index contributed by atoms with van der Waals surface area (Å²) in [4.78, 5) is 39.5. The predicted octanol–water partition coefficient (Wildman–Crippen LogP) is 1.52. The van der Waals surface area contributed by atoms with Gasteiger partial charge >= 0.3 is 6.03 Å². The summed E-state index contributed by atoms with van der Waals surface area (Å²) in [6.07, 6.45) is 0.250. The summed E-state index contributed by atoms with van der Waals surface area (Å²) < 4.78 is 0. The number of para-hydroxylation sites is 1. The summed E-state index contributed by atoms with van der Waals surface area (Å²) in [7, 11) is 0. The first-order valence-corrected chi connectivity index (χ1v) is 8.64. The van der Waals surface area contributed by atoms with Crippen molar-refractivity contribution in [1.29, 1.82) is 0 Å². The first-order chi connectivity index (χ1) is 12.0. The normalized spacial score (nSPS) is 14.4. The van der Waals surface area contributed by atoms with E-state index in [9.17, 15) is 14.4 Å². The first kappa shape index (κ1) is 18.8. The molecule has 1 fully saturated rings. The number of urea groups is 1. The van der Waals surface area contributed by atoms with E-state index in [1.165, 1.54) is 0 Å². The van der Waals surface area contributed by atoms with Crippen molar-refractivity contribution in [3.8, 4) is 0 Å². The second-order valence-corrected chi connectivity index (χ2v) is 6.36. The topological polar surface area (TPSA) is 81.8 Å². The van der Waals surface area contributed by atoms with Gasteiger partial charge in [-0.1, -0.05) is 32.0 Å². The van der Waals surface area contributed by atoms with E-state index in [0.29, 0.717) is 31.9 Å². The number of rotatable bonds is 5. The Morgan fingerprint density at radius 2 is 1.60 bits per heavy atom. The predicted molar refractivity (Wildman–Crippen MR) is 96.1 cm³/mol. The lowest BCUT2D eigenvalue weighted by Crippen LogP contribution is -2.51. The van der Waals surface area contributed by atoms with E-state index in [4.69, 9.17) is 0 Å². The molecule has 136 valence electrons. The summed E-state index contributed by atoms with van der Waals surface area (Å²) in [6.45, 7) is 6.29. The van der Waals surface area contributed by atoms with Gasteiger partial charge in [-0.25, -0.2) is 4.79 Å². The van der Waals surface area contributed by atoms with Crippen LogP contribution in [-0.2, 0) is 9.59 Å². The van der Waals surface area contributed by atoms with Crippen LogP contribution in [0.3, 0.4) is 0 Å². The van der Waals surface area contributed by atoms with Gasteiger partial charge in [0.2, 0.25) is 11.8 Å². The van der Waals surface area contributed by atoms with E-state index in [2.05, 4.69) is 10.6 Å². The second-order valence-electron chi connectivity index (χ2n) is 6.36. The monoisotopic (exact) mass is 346 g/mol. The fourth-order valence-corrected chi connectivity index (χ4v) is 2.68.